The molecular weight excluding hydrogens is 400 g/mol. The summed E-state index contributed by atoms with van der Waals surface area (Å²) in [5.74, 6) is 0.861. The Morgan fingerprint density at radius 2 is 1.63 bits per heavy atom. The Morgan fingerprint density at radius 3 is 2.17 bits per heavy atom. The minimum absolute atomic E-state index is 0.0957. The minimum Gasteiger partial charge on any atom is -0.497 e. The average molecular weight is 431 g/mol. The van der Waals surface area contributed by atoms with Gasteiger partial charge in [0.2, 0.25) is 11.8 Å². The van der Waals surface area contributed by atoms with E-state index in [2.05, 4.69) is 5.32 Å². The molecule has 0 fully saturated rings. The molecule has 0 aliphatic heterocycles. The van der Waals surface area contributed by atoms with E-state index in [1.54, 1.807) is 24.1 Å². The Bertz CT molecular complexity index is 819. The van der Waals surface area contributed by atoms with Gasteiger partial charge in [-0.05, 0) is 47.7 Å². The highest BCUT2D eigenvalue weighted by atomic mass is 35.5. The summed E-state index contributed by atoms with van der Waals surface area (Å²) in [6.45, 7) is 6.94. The summed E-state index contributed by atoms with van der Waals surface area (Å²) in [7, 11) is 1.61. The molecule has 0 saturated heterocycles. The van der Waals surface area contributed by atoms with Crippen LogP contribution in [0, 0.1) is 5.92 Å². The van der Waals surface area contributed by atoms with Crippen LogP contribution < -0.4 is 10.1 Å². The number of hydrogen-bond acceptors (Lipinski definition) is 3. The second kappa shape index (κ2) is 11.6. The van der Waals surface area contributed by atoms with Gasteiger partial charge in [-0.25, -0.2) is 0 Å². The maximum Gasteiger partial charge on any atom is 0.242 e. The number of carbonyl (C=O) groups excluding carboxylic acids is 2. The molecule has 6 heteroatoms. The molecule has 162 valence electrons. The minimum atomic E-state index is -0.537. The number of nitrogens with one attached hydrogen (secondary N) is 1. The number of benzene rings is 2. The molecular formula is C24H31ClN2O3. The van der Waals surface area contributed by atoms with Crippen molar-refractivity contribution >= 4 is 23.4 Å². The molecule has 2 rings (SSSR count). The standard InChI is InChI=1S/C24H31ClN2O3/c1-5-22(24(29)26-15-17(2)3)27(16-19-6-10-20(25)11-7-19)23(28)14-18-8-12-21(30-4)13-9-18/h6-13,17,22H,5,14-16H2,1-4H3,(H,26,29)/t22-/m1/s1. The van der Waals surface area contributed by atoms with Crippen molar-refractivity contribution in [1.82, 2.24) is 10.2 Å². The molecule has 0 aliphatic rings. The third-order valence-electron chi connectivity index (χ3n) is 4.85. The SMILES string of the molecule is CC[C@H](C(=O)NCC(C)C)N(Cc1ccc(Cl)cc1)C(=O)Cc1ccc(OC)cc1. The number of rotatable bonds is 10. The quantitative estimate of drug-likeness (QED) is 0.605. The van der Waals surface area contributed by atoms with Crippen molar-refractivity contribution in [3.05, 3.63) is 64.7 Å². The van der Waals surface area contributed by atoms with Gasteiger partial charge in [-0.15, -0.1) is 0 Å². The van der Waals surface area contributed by atoms with Gasteiger partial charge >= 0.3 is 0 Å². The first-order valence-electron chi connectivity index (χ1n) is 10.3. The van der Waals surface area contributed by atoms with Crippen LogP contribution >= 0.6 is 11.6 Å². The maximum absolute atomic E-state index is 13.3. The third kappa shape index (κ3) is 7.06. The van der Waals surface area contributed by atoms with Crippen LogP contribution in [0.2, 0.25) is 5.02 Å². The van der Waals surface area contributed by atoms with Crippen molar-refractivity contribution in [2.24, 2.45) is 5.92 Å². The van der Waals surface area contributed by atoms with Crippen molar-refractivity contribution in [3.8, 4) is 5.75 Å². The third-order valence-corrected chi connectivity index (χ3v) is 5.10. The first kappa shape index (κ1) is 23.7. The van der Waals surface area contributed by atoms with Crippen LogP contribution in [0.25, 0.3) is 0 Å². The van der Waals surface area contributed by atoms with Gasteiger partial charge in [-0.3, -0.25) is 9.59 Å². The van der Waals surface area contributed by atoms with Gasteiger partial charge < -0.3 is 15.0 Å². The Hall–Kier alpha value is -2.53. The number of methoxy groups -OCH3 is 1. The van der Waals surface area contributed by atoms with Crippen LogP contribution in [-0.2, 0) is 22.6 Å². The molecule has 30 heavy (non-hydrogen) atoms. The summed E-state index contributed by atoms with van der Waals surface area (Å²) in [5, 5.41) is 3.61. The van der Waals surface area contributed by atoms with Gasteiger partial charge in [-0.2, -0.15) is 0 Å². The predicted molar refractivity (Wildman–Crippen MR) is 121 cm³/mol. The molecule has 2 aromatic rings. The van der Waals surface area contributed by atoms with Gasteiger partial charge in [0, 0.05) is 18.1 Å². The van der Waals surface area contributed by atoms with Crippen LogP contribution in [-0.4, -0.2) is 36.4 Å². The van der Waals surface area contributed by atoms with E-state index in [1.165, 1.54) is 0 Å². The van der Waals surface area contributed by atoms with Crippen molar-refractivity contribution < 1.29 is 14.3 Å². The summed E-state index contributed by atoms with van der Waals surface area (Å²) in [6.07, 6.45) is 0.747. The molecule has 0 bridgehead atoms. The normalized spacial score (nSPS) is 11.8. The van der Waals surface area contributed by atoms with Crippen molar-refractivity contribution in [2.45, 2.75) is 46.2 Å². The van der Waals surface area contributed by atoms with Crippen LogP contribution in [0.3, 0.4) is 0 Å². The zero-order chi connectivity index (χ0) is 22.1. The van der Waals surface area contributed by atoms with E-state index in [0.717, 1.165) is 16.9 Å². The Labute approximate surface area is 184 Å². The van der Waals surface area contributed by atoms with Crippen molar-refractivity contribution in [3.63, 3.8) is 0 Å². The maximum atomic E-state index is 13.3. The highest BCUT2D eigenvalue weighted by Crippen LogP contribution is 2.18. The fraction of sp³-hybridized carbons (Fsp3) is 0.417. The summed E-state index contributed by atoms with van der Waals surface area (Å²) < 4.78 is 5.18. The second-order valence-corrected chi connectivity index (χ2v) is 8.17. The number of nitrogens with zero attached hydrogens (tertiary/aromatic N) is 1. The number of amides is 2. The Balaban J connectivity index is 2.24. The van der Waals surface area contributed by atoms with Crippen molar-refractivity contribution in [1.29, 1.82) is 0 Å². The summed E-state index contributed by atoms with van der Waals surface area (Å²) in [6, 6.07) is 14.2. The molecule has 0 heterocycles. The molecule has 0 spiro atoms. The van der Waals surface area contributed by atoms with E-state index in [-0.39, 0.29) is 18.2 Å². The van der Waals surface area contributed by atoms with Crippen molar-refractivity contribution in [2.75, 3.05) is 13.7 Å². The average Bonchev–Trinajstić information content (AvgIpc) is 2.74. The van der Waals surface area contributed by atoms with Gasteiger partial charge in [0.25, 0.3) is 0 Å². The molecule has 0 aromatic heterocycles. The summed E-state index contributed by atoms with van der Waals surface area (Å²) >= 11 is 6.00. The topological polar surface area (TPSA) is 58.6 Å². The second-order valence-electron chi connectivity index (χ2n) is 7.74. The zero-order valence-corrected chi connectivity index (χ0v) is 18.9. The van der Waals surface area contributed by atoms with E-state index < -0.39 is 6.04 Å². The van der Waals surface area contributed by atoms with Gasteiger partial charge in [0.15, 0.2) is 0 Å². The Morgan fingerprint density at radius 1 is 1.03 bits per heavy atom. The smallest absolute Gasteiger partial charge is 0.242 e. The van der Waals surface area contributed by atoms with E-state index in [0.29, 0.717) is 30.5 Å². The molecule has 5 nitrogen and oxygen atoms in total. The molecule has 0 aliphatic carbocycles. The highest BCUT2D eigenvalue weighted by Gasteiger charge is 2.28. The van der Waals surface area contributed by atoms with Gasteiger partial charge in [0.1, 0.15) is 11.8 Å². The molecule has 1 atom stereocenters. The van der Waals surface area contributed by atoms with E-state index in [9.17, 15) is 9.59 Å². The van der Waals surface area contributed by atoms with Crippen LogP contribution in [0.4, 0.5) is 0 Å². The first-order valence-corrected chi connectivity index (χ1v) is 10.7. The van der Waals surface area contributed by atoms with E-state index >= 15 is 0 Å². The largest absolute Gasteiger partial charge is 0.497 e. The lowest BCUT2D eigenvalue weighted by atomic mass is 10.1. The molecule has 1 N–H and O–H groups in total. The number of halogens is 1. The first-order chi connectivity index (χ1) is 14.3. The van der Waals surface area contributed by atoms with Crippen LogP contribution in [0.5, 0.6) is 5.75 Å². The van der Waals surface area contributed by atoms with Crippen LogP contribution in [0.15, 0.2) is 48.5 Å². The van der Waals surface area contributed by atoms with E-state index in [4.69, 9.17) is 16.3 Å². The highest BCUT2D eigenvalue weighted by molar-refractivity contribution is 6.30. The number of hydrogen-bond donors (Lipinski definition) is 1. The van der Waals surface area contributed by atoms with Crippen LogP contribution in [0.1, 0.15) is 38.3 Å². The molecule has 2 amide bonds. The molecule has 0 radical (unpaired) electrons. The number of carbonyl (C=O) groups is 2. The predicted octanol–water partition coefficient (Wildman–Crippen LogP) is 4.47. The lowest BCUT2D eigenvalue weighted by Gasteiger charge is -2.31. The monoisotopic (exact) mass is 430 g/mol. The fourth-order valence-corrected chi connectivity index (χ4v) is 3.27. The Kier molecular flexibility index (Phi) is 9.18. The molecule has 0 unspecified atom stereocenters. The zero-order valence-electron chi connectivity index (χ0n) is 18.2. The number of ether oxygens (including phenoxy) is 1. The molecule has 0 saturated carbocycles. The summed E-state index contributed by atoms with van der Waals surface area (Å²) in [5.41, 5.74) is 1.80. The van der Waals surface area contributed by atoms with Gasteiger partial charge in [-0.1, -0.05) is 56.6 Å². The lowest BCUT2D eigenvalue weighted by molar-refractivity contribution is -0.141. The summed E-state index contributed by atoms with van der Waals surface area (Å²) in [4.78, 5) is 27.8. The lowest BCUT2D eigenvalue weighted by Crippen LogP contribution is -2.50. The molecule has 2 aromatic carbocycles. The van der Waals surface area contributed by atoms with E-state index in [1.807, 2.05) is 57.2 Å². The van der Waals surface area contributed by atoms with Gasteiger partial charge in [0.05, 0.1) is 13.5 Å². The fourth-order valence-electron chi connectivity index (χ4n) is 3.15.